The van der Waals surface area contributed by atoms with Crippen LogP contribution in [0.2, 0.25) is 0 Å². The van der Waals surface area contributed by atoms with Gasteiger partial charge in [0.05, 0.1) is 5.52 Å². The number of hydrogen-bond acceptors (Lipinski definition) is 1. The Balaban J connectivity index is 2.58. The number of rotatable bonds is 2. The predicted octanol–water partition coefficient (Wildman–Crippen LogP) is 3.92. The highest BCUT2D eigenvalue weighted by molar-refractivity contribution is 6.01. The molecule has 0 saturated heterocycles. The van der Waals surface area contributed by atoms with Gasteiger partial charge in [-0.2, -0.15) is 0 Å². The minimum atomic E-state index is 0.835. The zero-order valence-corrected chi connectivity index (χ0v) is 10.2. The van der Waals surface area contributed by atoms with Gasteiger partial charge in [-0.3, -0.25) is 0 Å². The molecule has 0 unspecified atom stereocenters. The Morgan fingerprint density at radius 2 is 2.18 bits per heavy atom. The lowest BCUT2D eigenvalue weighted by Gasteiger charge is -2.04. The molecular weight excluding hydrogens is 208 g/mol. The standard InChI is InChI=1S/C15H16N2/c1-4-9-16-15(5-2)17-10-8-13-11-12(3)6-7-14(13)17/h4-11H,2H2,1,3H3/b9-4-,16-15+. The van der Waals surface area contributed by atoms with Crippen LogP contribution < -0.4 is 0 Å². The summed E-state index contributed by atoms with van der Waals surface area (Å²) in [6.45, 7) is 7.85. The molecular formula is C15H16N2. The number of fused-ring (bicyclic) bond motifs is 1. The van der Waals surface area contributed by atoms with E-state index >= 15 is 0 Å². The molecule has 0 atom stereocenters. The van der Waals surface area contributed by atoms with Crippen molar-refractivity contribution >= 4 is 16.7 Å². The molecule has 0 bridgehead atoms. The molecule has 0 aliphatic heterocycles. The molecule has 0 aliphatic rings. The fourth-order valence-electron chi connectivity index (χ4n) is 1.83. The van der Waals surface area contributed by atoms with Crippen molar-refractivity contribution in [2.75, 3.05) is 0 Å². The molecule has 2 nitrogen and oxygen atoms in total. The Bertz CT molecular complexity index is 600. The van der Waals surface area contributed by atoms with Crippen LogP contribution in [0.3, 0.4) is 0 Å². The van der Waals surface area contributed by atoms with Gasteiger partial charge in [-0.15, -0.1) is 0 Å². The summed E-state index contributed by atoms with van der Waals surface area (Å²) in [5, 5.41) is 1.22. The summed E-state index contributed by atoms with van der Waals surface area (Å²) in [5.74, 6) is 0.835. The van der Waals surface area contributed by atoms with Crippen LogP contribution in [0.4, 0.5) is 0 Å². The van der Waals surface area contributed by atoms with E-state index in [1.54, 1.807) is 12.3 Å². The molecule has 2 rings (SSSR count). The smallest absolute Gasteiger partial charge is 0.136 e. The van der Waals surface area contributed by atoms with Gasteiger partial charge in [-0.1, -0.05) is 24.3 Å². The van der Waals surface area contributed by atoms with Crippen LogP contribution in [0.5, 0.6) is 0 Å². The number of allylic oxidation sites excluding steroid dienone is 2. The number of nitrogens with zero attached hydrogens (tertiary/aromatic N) is 2. The number of aryl methyl sites for hydroxylation is 1. The van der Waals surface area contributed by atoms with Crippen molar-refractivity contribution in [2.24, 2.45) is 4.99 Å². The molecule has 17 heavy (non-hydrogen) atoms. The van der Waals surface area contributed by atoms with E-state index in [1.807, 2.05) is 23.8 Å². The third kappa shape index (κ3) is 2.21. The normalized spacial score (nSPS) is 12.5. The molecule has 0 N–H and O–H groups in total. The van der Waals surface area contributed by atoms with E-state index in [2.05, 4.69) is 42.8 Å². The summed E-state index contributed by atoms with van der Waals surface area (Å²) in [6, 6.07) is 8.48. The molecule has 1 heterocycles. The second-order valence-electron chi connectivity index (χ2n) is 3.92. The van der Waals surface area contributed by atoms with Crippen LogP contribution in [-0.4, -0.2) is 10.4 Å². The lowest BCUT2D eigenvalue weighted by molar-refractivity contribution is 1.21. The largest absolute Gasteiger partial charge is 0.301 e. The highest BCUT2D eigenvalue weighted by Crippen LogP contribution is 2.17. The van der Waals surface area contributed by atoms with Gasteiger partial charge in [0.25, 0.3) is 0 Å². The SMILES string of the molecule is C=C/C(=N\C=C/C)n1ccc2cc(C)ccc21. The van der Waals surface area contributed by atoms with E-state index in [0.29, 0.717) is 0 Å². The van der Waals surface area contributed by atoms with E-state index in [9.17, 15) is 0 Å². The molecule has 2 aromatic rings. The quantitative estimate of drug-likeness (QED) is 0.543. The maximum absolute atomic E-state index is 4.36. The molecule has 0 fully saturated rings. The summed E-state index contributed by atoms with van der Waals surface area (Å²) in [4.78, 5) is 4.36. The number of aromatic nitrogens is 1. The topological polar surface area (TPSA) is 17.3 Å². The van der Waals surface area contributed by atoms with E-state index < -0.39 is 0 Å². The fraction of sp³-hybridized carbons (Fsp3) is 0.133. The van der Waals surface area contributed by atoms with Gasteiger partial charge in [0.1, 0.15) is 5.84 Å². The van der Waals surface area contributed by atoms with E-state index in [4.69, 9.17) is 0 Å². The fourth-order valence-corrected chi connectivity index (χ4v) is 1.83. The minimum absolute atomic E-state index is 0.835. The maximum Gasteiger partial charge on any atom is 0.136 e. The highest BCUT2D eigenvalue weighted by Gasteiger charge is 2.03. The van der Waals surface area contributed by atoms with Crippen molar-refractivity contribution in [2.45, 2.75) is 13.8 Å². The van der Waals surface area contributed by atoms with Crippen molar-refractivity contribution in [3.05, 3.63) is 61.0 Å². The van der Waals surface area contributed by atoms with E-state index in [1.165, 1.54) is 10.9 Å². The first-order chi connectivity index (χ1) is 8.26. The van der Waals surface area contributed by atoms with Crippen molar-refractivity contribution < 1.29 is 0 Å². The van der Waals surface area contributed by atoms with Gasteiger partial charge in [-0.05, 0) is 38.1 Å². The number of hydrogen-bond donors (Lipinski definition) is 0. The molecule has 0 spiro atoms. The van der Waals surface area contributed by atoms with Crippen LogP contribution in [0, 0.1) is 6.92 Å². The van der Waals surface area contributed by atoms with Gasteiger partial charge in [-0.25, -0.2) is 4.99 Å². The Hall–Kier alpha value is -2.09. The van der Waals surface area contributed by atoms with Crippen molar-refractivity contribution in [3.8, 4) is 0 Å². The second-order valence-corrected chi connectivity index (χ2v) is 3.92. The summed E-state index contributed by atoms with van der Waals surface area (Å²) in [5.41, 5.74) is 2.42. The van der Waals surface area contributed by atoms with Crippen molar-refractivity contribution in [1.82, 2.24) is 4.57 Å². The Morgan fingerprint density at radius 3 is 2.88 bits per heavy atom. The summed E-state index contributed by atoms with van der Waals surface area (Å²) >= 11 is 0. The lowest BCUT2D eigenvalue weighted by Crippen LogP contribution is -2.06. The first kappa shape index (κ1) is 11.4. The number of benzene rings is 1. The zero-order chi connectivity index (χ0) is 12.3. The van der Waals surface area contributed by atoms with Gasteiger partial charge < -0.3 is 4.57 Å². The summed E-state index contributed by atoms with van der Waals surface area (Å²) in [7, 11) is 0. The minimum Gasteiger partial charge on any atom is -0.301 e. The Morgan fingerprint density at radius 1 is 1.35 bits per heavy atom. The molecule has 1 aromatic carbocycles. The molecule has 0 radical (unpaired) electrons. The first-order valence-electron chi connectivity index (χ1n) is 5.65. The zero-order valence-electron chi connectivity index (χ0n) is 10.2. The Labute approximate surface area is 102 Å². The van der Waals surface area contributed by atoms with Crippen LogP contribution in [-0.2, 0) is 0 Å². The van der Waals surface area contributed by atoms with E-state index in [-0.39, 0.29) is 0 Å². The molecule has 2 heteroatoms. The van der Waals surface area contributed by atoms with Gasteiger partial charge >= 0.3 is 0 Å². The number of aliphatic imine (C=N–C) groups is 1. The summed E-state index contributed by atoms with van der Waals surface area (Å²) < 4.78 is 2.04. The molecule has 1 aromatic heterocycles. The lowest BCUT2D eigenvalue weighted by atomic mass is 10.2. The Kier molecular flexibility index (Phi) is 3.24. The van der Waals surface area contributed by atoms with Gasteiger partial charge in [0.15, 0.2) is 0 Å². The molecule has 0 saturated carbocycles. The van der Waals surface area contributed by atoms with Crippen LogP contribution in [0.25, 0.3) is 10.9 Å². The average Bonchev–Trinajstić information content (AvgIpc) is 2.73. The predicted molar refractivity (Wildman–Crippen MR) is 74.5 cm³/mol. The highest BCUT2D eigenvalue weighted by atomic mass is 15.0. The molecule has 0 aliphatic carbocycles. The molecule has 0 amide bonds. The maximum atomic E-state index is 4.36. The second kappa shape index (κ2) is 4.83. The van der Waals surface area contributed by atoms with Crippen LogP contribution >= 0.6 is 0 Å². The monoisotopic (exact) mass is 224 g/mol. The molecule has 86 valence electrons. The van der Waals surface area contributed by atoms with Crippen molar-refractivity contribution in [1.29, 1.82) is 0 Å². The van der Waals surface area contributed by atoms with Crippen LogP contribution in [0.1, 0.15) is 12.5 Å². The van der Waals surface area contributed by atoms with E-state index in [0.717, 1.165) is 11.4 Å². The van der Waals surface area contributed by atoms with Crippen LogP contribution in [0.15, 0.2) is 60.4 Å². The average molecular weight is 224 g/mol. The first-order valence-corrected chi connectivity index (χ1v) is 5.65. The van der Waals surface area contributed by atoms with Gasteiger partial charge in [0, 0.05) is 17.8 Å². The summed E-state index contributed by atoms with van der Waals surface area (Å²) in [6.07, 6.45) is 7.46. The third-order valence-electron chi connectivity index (χ3n) is 2.63. The van der Waals surface area contributed by atoms with Crippen molar-refractivity contribution in [3.63, 3.8) is 0 Å². The third-order valence-corrected chi connectivity index (χ3v) is 2.63. The van der Waals surface area contributed by atoms with Gasteiger partial charge in [0.2, 0.25) is 0 Å².